The zero-order valence-electron chi connectivity index (χ0n) is 17.1. The molecule has 0 saturated heterocycles. The maximum Gasteiger partial charge on any atom is 0.419 e. The van der Waals surface area contributed by atoms with Crippen LogP contribution in [0, 0.1) is 0 Å². The van der Waals surface area contributed by atoms with E-state index in [-0.39, 0.29) is 47.5 Å². The van der Waals surface area contributed by atoms with E-state index < -0.39 is 17.6 Å². The highest BCUT2D eigenvalue weighted by atomic mass is 35.5. The number of carbonyl (C=O) groups excluding carboxylic acids is 2. The van der Waals surface area contributed by atoms with Crippen molar-refractivity contribution >= 4 is 52.8 Å². The van der Waals surface area contributed by atoms with E-state index >= 15 is 0 Å². The second kappa shape index (κ2) is 9.33. The van der Waals surface area contributed by atoms with Gasteiger partial charge in [0.2, 0.25) is 5.91 Å². The van der Waals surface area contributed by atoms with E-state index in [4.69, 9.17) is 0 Å². The minimum atomic E-state index is -4.68. The van der Waals surface area contributed by atoms with Gasteiger partial charge in [0, 0.05) is 36.9 Å². The Hall–Kier alpha value is -3.86. The summed E-state index contributed by atoms with van der Waals surface area (Å²) in [6.45, 7) is 0. The second-order valence-electron chi connectivity index (χ2n) is 6.96. The van der Waals surface area contributed by atoms with Crippen LogP contribution >= 0.6 is 12.4 Å². The summed E-state index contributed by atoms with van der Waals surface area (Å²) in [4.78, 5) is 31.4. The summed E-state index contributed by atoms with van der Waals surface area (Å²) in [5.41, 5.74) is 0.974. The first-order valence-electron chi connectivity index (χ1n) is 9.45. The lowest BCUT2D eigenvalue weighted by Crippen LogP contribution is -2.19. The molecule has 1 aliphatic rings. The number of hydrogen-bond donors (Lipinski definition) is 4. The number of alkyl halides is 3. The molecule has 0 radical (unpaired) electrons. The standard InChI is InChI=1S/C21H17F3N6O2.ClH/c1-25-20(32)13-4-5-26-10-17(13)29-16-8-18(27-9-14(16)21(22,23)24)28-12-2-3-15-11(6-12)7-19(31)30-15;/h2-6,8-10H,7H2,1H3,(H,25,32)(H,30,31)(H2,27,28,29);1H. The average Bonchev–Trinajstić information content (AvgIpc) is 3.12. The Labute approximate surface area is 192 Å². The quantitative estimate of drug-likeness (QED) is 0.436. The lowest BCUT2D eigenvalue weighted by molar-refractivity contribution is -0.137. The molecule has 1 aromatic carbocycles. The van der Waals surface area contributed by atoms with E-state index in [1.54, 1.807) is 18.2 Å². The van der Waals surface area contributed by atoms with Crippen molar-refractivity contribution in [2.45, 2.75) is 12.6 Å². The van der Waals surface area contributed by atoms with Crippen LogP contribution in [-0.4, -0.2) is 28.8 Å². The van der Waals surface area contributed by atoms with E-state index in [1.807, 2.05) is 0 Å². The van der Waals surface area contributed by atoms with Crippen LogP contribution in [0.3, 0.4) is 0 Å². The number of benzene rings is 1. The second-order valence-corrected chi connectivity index (χ2v) is 6.96. The van der Waals surface area contributed by atoms with Crippen LogP contribution in [0.4, 0.5) is 41.7 Å². The Morgan fingerprint density at radius 2 is 1.88 bits per heavy atom. The summed E-state index contributed by atoms with van der Waals surface area (Å²) in [5.74, 6) is -0.458. The number of fused-ring (bicyclic) bond motifs is 1. The smallest absolute Gasteiger partial charge is 0.355 e. The normalized spacial score (nSPS) is 12.3. The minimum Gasteiger partial charge on any atom is -0.355 e. The first-order chi connectivity index (χ1) is 15.2. The SMILES string of the molecule is CNC(=O)c1ccncc1Nc1cc(Nc2ccc3c(c2)CC(=O)N3)ncc1C(F)(F)F.Cl. The highest BCUT2D eigenvalue weighted by Crippen LogP contribution is 2.37. The third-order valence-electron chi connectivity index (χ3n) is 4.77. The van der Waals surface area contributed by atoms with Gasteiger partial charge < -0.3 is 21.3 Å². The average molecular weight is 479 g/mol. The van der Waals surface area contributed by atoms with E-state index in [1.165, 1.54) is 31.6 Å². The molecule has 4 N–H and O–H groups in total. The zero-order valence-corrected chi connectivity index (χ0v) is 17.9. The topological polar surface area (TPSA) is 108 Å². The number of hydrogen-bond acceptors (Lipinski definition) is 6. The zero-order chi connectivity index (χ0) is 22.9. The first-order valence-corrected chi connectivity index (χ1v) is 9.45. The molecule has 172 valence electrons. The van der Waals surface area contributed by atoms with Gasteiger partial charge in [0.15, 0.2) is 0 Å². The van der Waals surface area contributed by atoms with Crippen molar-refractivity contribution < 1.29 is 22.8 Å². The molecule has 33 heavy (non-hydrogen) atoms. The Balaban J connectivity index is 0.00000306. The van der Waals surface area contributed by atoms with Gasteiger partial charge in [-0.1, -0.05) is 0 Å². The van der Waals surface area contributed by atoms with Crippen molar-refractivity contribution in [1.29, 1.82) is 0 Å². The molecular weight excluding hydrogens is 461 g/mol. The molecule has 0 spiro atoms. The van der Waals surface area contributed by atoms with Crippen LogP contribution < -0.4 is 21.3 Å². The van der Waals surface area contributed by atoms with Gasteiger partial charge in [-0.2, -0.15) is 13.2 Å². The predicted molar refractivity (Wildman–Crippen MR) is 119 cm³/mol. The Kier molecular flexibility index (Phi) is 6.73. The molecule has 4 rings (SSSR count). The molecule has 0 aliphatic carbocycles. The van der Waals surface area contributed by atoms with Crippen LogP contribution in [0.15, 0.2) is 48.9 Å². The van der Waals surface area contributed by atoms with Crippen LogP contribution in [0.2, 0.25) is 0 Å². The number of pyridine rings is 2. The van der Waals surface area contributed by atoms with E-state index in [0.717, 1.165) is 5.56 Å². The maximum atomic E-state index is 13.6. The minimum absolute atomic E-state index is 0. The molecule has 0 fully saturated rings. The fraction of sp³-hybridized carbons (Fsp3) is 0.143. The largest absolute Gasteiger partial charge is 0.419 e. The Morgan fingerprint density at radius 1 is 1.09 bits per heavy atom. The third-order valence-corrected chi connectivity index (χ3v) is 4.77. The van der Waals surface area contributed by atoms with Gasteiger partial charge in [-0.3, -0.25) is 14.6 Å². The van der Waals surface area contributed by atoms with Crippen molar-refractivity contribution in [2.24, 2.45) is 0 Å². The molecule has 0 saturated carbocycles. The van der Waals surface area contributed by atoms with Gasteiger partial charge in [0.05, 0.1) is 35.1 Å². The van der Waals surface area contributed by atoms with Crippen molar-refractivity contribution in [3.8, 4) is 0 Å². The van der Waals surface area contributed by atoms with Gasteiger partial charge in [-0.15, -0.1) is 12.4 Å². The molecular formula is C21H18ClF3N6O2. The summed E-state index contributed by atoms with van der Waals surface area (Å²) in [6.07, 6.45) is -1.11. The van der Waals surface area contributed by atoms with Crippen LogP contribution in [0.5, 0.6) is 0 Å². The number of halogens is 4. The number of carbonyl (C=O) groups is 2. The van der Waals surface area contributed by atoms with Crippen molar-refractivity contribution in [1.82, 2.24) is 15.3 Å². The number of nitrogens with zero attached hydrogens (tertiary/aromatic N) is 2. The lowest BCUT2D eigenvalue weighted by atomic mass is 10.1. The van der Waals surface area contributed by atoms with E-state index in [2.05, 4.69) is 31.2 Å². The van der Waals surface area contributed by atoms with Crippen molar-refractivity contribution in [2.75, 3.05) is 23.0 Å². The summed E-state index contributed by atoms with van der Waals surface area (Å²) < 4.78 is 40.8. The third kappa shape index (κ3) is 5.14. The number of anilines is 5. The maximum absolute atomic E-state index is 13.6. The molecule has 0 bridgehead atoms. The van der Waals surface area contributed by atoms with Gasteiger partial charge >= 0.3 is 6.18 Å². The Morgan fingerprint density at radius 3 is 2.61 bits per heavy atom. The molecule has 3 aromatic rings. The van der Waals surface area contributed by atoms with Crippen LogP contribution in [0.1, 0.15) is 21.5 Å². The van der Waals surface area contributed by atoms with E-state index in [9.17, 15) is 22.8 Å². The summed E-state index contributed by atoms with van der Waals surface area (Å²) >= 11 is 0. The van der Waals surface area contributed by atoms with Crippen molar-refractivity contribution in [3.05, 3.63) is 65.6 Å². The molecule has 0 unspecified atom stereocenters. The van der Waals surface area contributed by atoms with Gasteiger partial charge in [-0.25, -0.2) is 4.98 Å². The van der Waals surface area contributed by atoms with E-state index in [0.29, 0.717) is 17.6 Å². The van der Waals surface area contributed by atoms with Gasteiger partial charge in [0.25, 0.3) is 5.91 Å². The molecule has 3 heterocycles. The molecule has 12 heteroatoms. The molecule has 2 amide bonds. The molecule has 1 aliphatic heterocycles. The number of aromatic nitrogens is 2. The van der Waals surface area contributed by atoms with Crippen LogP contribution in [-0.2, 0) is 17.4 Å². The highest BCUT2D eigenvalue weighted by molar-refractivity contribution is 6.00. The van der Waals surface area contributed by atoms with Gasteiger partial charge in [0.1, 0.15) is 5.82 Å². The first kappa shape index (κ1) is 23.8. The van der Waals surface area contributed by atoms with Crippen molar-refractivity contribution in [3.63, 3.8) is 0 Å². The number of nitrogens with one attached hydrogen (secondary N) is 4. The molecule has 0 atom stereocenters. The molecule has 2 aromatic heterocycles. The van der Waals surface area contributed by atoms with Gasteiger partial charge in [-0.05, 0) is 29.8 Å². The summed E-state index contributed by atoms with van der Waals surface area (Å²) in [6, 6.07) is 7.71. The lowest BCUT2D eigenvalue weighted by Gasteiger charge is -2.17. The summed E-state index contributed by atoms with van der Waals surface area (Å²) in [7, 11) is 1.42. The summed E-state index contributed by atoms with van der Waals surface area (Å²) in [5, 5.41) is 10.8. The highest BCUT2D eigenvalue weighted by Gasteiger charge is 2.34. The fourth-order valence-corrected chi connectivity index (χ4v) is 3.28. The van der Waals surface area contributed by atoms with Crippen LogP contribution in [0.25, 0.3) is 0 Å². The predicted octanol–water partition coefficient (Wildman–Crippen LogP) is 4.26. The monoisotopic (exact) mass is 478 g/mol. The fourth-order valence-electron chi connectivity index (χ4n) is 3.28. The molecule has 8 nitrogen and oxygen atoms in total. The Bertz CT molecular complexity index is 1220. The number of rotatable bonds is 5. The number of amides is 2.